The Morgan fingerprint density at radius 3 is 2.15 bits per heavy atom. The maximum atomic E-state index is 12.2. The first-order valence-electron chi connectivity index (χ1n) is 6.41. The Hall–Kier alpha value is -2.04. The Balaban J connectivity index is 2.78. The quantitative estimate of drug-likeness (QED) is 0.864. The molecular weight excluding hydrogens is 258 g/mol. The summed E-state index contributed by atoms with van der Waals surface area (Å²) in [6.45, 7) is 6.95. The van der Waals surface area contributed by atoms with Gasteiger partial charge in [-0.2, -0.15) is 0 Å². The minimum atomic E-state index is -0.644. The molecule has 20 heavy (non-hydrogen) atoms. The van der Waals surface area contributed by atoms with Crippen LogP contribution in [0, 0.1) is 0 Å². The highest BCUT2D eigenvalue weighted by atomic mass is 16.6. The predicted molar refractivity (Wildman–Crippen MR) is 75.9 cm³/mol. The molecule has 1 atom stereocenters. The van der Waals surface area contributed by atoms with Crippen molar-refractivity contribution in [2.75, 3.05) is 7.05 Å². The number of phenols is 1. The van der Waals surface area contributed by atoms with E-state index < -0.39 is 17.7 Å². The molecule has 0 aliphatic heterocycles. The van der Waals surface area contributed by atoms with Gasteiger partial charge in [0.15, 0.2) is 5.78 Å². The fourth-order valence-electron chi connectivity index (χ4n) is 1.53. The monoisotopic (exact) mass is 279 g/mol. The van der Waals surface area contributed by atoms with Crippen molar-refractivity contribution < 1.29 is 19.4 Å². The zero-order valence-corrected chi connectivity index (χ0v) is 12.5. The van der Waals surface area contributed by atoms with Crippen molar-refractivity contribution in [1.29, 1.82) is 0 Å². The fourth-order valence-corrected chi connectivity index (χ4v) is 1.53. The van der Waals surface area contributed by atoms with Crippen LogP contribution in [-0.4, -0.2) is 40.6 Å². The number of likely N-dealkylation sites (N-methyl/N-ethyl adjacent to an activating group) is 1. The van der Waals surface area contributed by atoms with Gasteiger partial charge in [0.25, 0.3) is 0 Å². The van der Waals surface area contributed by atoms with Crippen molar-refractivity contribution in [1.82, 2.24) is 4.90 Å². The van der Waals surface area contributed by atoms with Gasteiger partial charge in [-0.25, -0.2) is 4.79 Å². The van der Waals surface area contributed by atoms with Gasteiger partial charge in [-0.3, -0.25) is 4.79 Å². The Bertz CT molecular complexity index is 488. The molecular formula is C15H21NO4. The lowest BCUT2D eigenvalue weighted by Crippen LogP contribution is -2.43. The van der Waals surface area contributed by atoms with Crippen LogP contribution in [-0.2, 0) is 4.74 Å². The van der Waals surface area contributed by atoms with Crippen LogP contribution in [0.5, 0.6) is 5.75 Å². The molecule has 5 heteroatoms. The summed E-state index contributed by atoms with van der Waals surface area (Å²) in [6, 6.07) is 5.28. The number of amides is 1. The van der Waals surface area contributed by atoms with Crippen LogP contribution in [0.1, 0.15) is 38.1 Å². The molecule has 110 valence electrons. The summed E-state index contributed by atoms with van der Waals surface area (Å²) in [4.78, 5) is 25.4. The summed E-state index contributed by atoms with van der Waals surface area (Å²) in [6.07, 6.45) is -0.544. The predicted octanol–water partition coefficient (Wildman–Crippen LogP) is 2.83. The van der Waals surface area contributed by atoms with Crippen LogP contribution >= 0.6 is 0 Å². The molecule has 0 heterocycles. The standard InChI is InChI=1S/C15H21NO4/c1-10(16(5)14(19)20-15(2,3)4)13(18)11-6-8-12(17)9-7-11/h6-10,17H,1-5H3/t10-/m0/s1. The van der Waals surface area contributed by atoms with E-state index in [9.17, 15) is 14.7 Å². The van der Waals surface area contributed by atoms with E-state index in [1.165, 1.54) is 36.2 Å². The second-order valence-electron chi connectivity index (χ2n) is 5.68. The lowest BCUT2D eigenvalue weighted by atomic mass is 10.0. The summed E-state index contributed by atoms with van der Waals surface area (Å²) in [7, 11) is 1.52. The second-order valence-corrected chi connectivity index (χ2v) is 5.68. The molecule has 0 aliphatic rings. The molecule has 5 nitrogen and oxygen atoms in total. The third kappa shape index (κ3) is 4.26. The zero-order chi connectivity index (χ0) is 15.5. The van der Waals surface area contributed by atoms with Gasteiger partial charge < -0.3 is 14.7 Å². The average Bonchev–Trinajstić information content (AvgIpc) is 2.35. The molecule has 0 saturated carbocycles. The maximum absolute atomic E-state index is 12.2. The number of nitrogens with zero attached hydrogens (tertiary/aromatic N) is 1. The van der Waals surface area contributed by atoms with Gasteiger partial charge in [0.2, 0.25) is 0 Å². The molecule has 1 amide bonds. The maximum Gasteiger partial charge on any atom is 0.410 e. The smallest absolute Gasteiger partial charge is 0.410 e. The number of ketones is 1. The summed E-state index contributed by atoms with van der Waals surface area (Å²) < 4.78 is 5.22. The Labute approximate surface area is 119 Å². The van der Waals surface area contributed by atoms with Crippen molar-refractivity contribution in [3.05, 3.63) is 29.8 Å². The van der Waals surface area contributed by atoms with Gasteiger partial charge in [0.1, 0.15) is 11.4 Å². The van der Waals surface area contributed by atoms with Gasteiger partial charge in [-0.05, 0) is 52.0 Å². The van der Waals surface area contributed by atoms with Crippen LogP contribution in [0.25, 0.3) is 0 Å². The van der Waals surface area contributed by atoms with E-state index in [0.29, 0.717) is 5.56 Å². The van der Waals surface area contributed by atoms with Crippen molar-refractivity contribution in [2.45, 2.75) is 39.3 Å². The van der Waals surface area contributed by atoms with E-state index in [2.05, 4.69) is 0 Å². The molecule has 1 aromatic carbocycles. The molecule has 0 spiro atoms. The summed E-state index contributed by atoms with van der Waals surface area (Å²) in [5, 5.41) is 9.21. The number of hydrogen-bond donors (Lipinski definition) is 1. The van der Waals surface area contributed by atoms with E-state index >= 15 is 0 Å². The number of aromatic hydroxyl groups is 1. The first-order valence-corrected chi connectivity index (χ1v) is 6.41. The molecule has 0 saturated heterocycles. The van der Waals surface area contributed by atoms with Crippen molar-refractivity contribution in [2.24, 2.45) is 0 Å². The zero-order valence-electron chi connectivity index (χ0n) is 12.5. The molecule has 1 N–H and O–H groups in total. The van der Waals surface area contributed by atoms with Crippen molar-refractivity contribution in [3.63, 3.8) is 0 Å². The van der Waals surface area contributed by atoms with Crippen LogP contribution in [0.4, 0.5) is 4.79 Å². The molecule has 0 aliphatic carbocycles. The van der Waals surface area contributed by atoms with Crippen molar-refractivity contribution in [3.8, 4) is 5.75 Å². The topological polar surface area (TPSA) is 66.8 Å². The molecule has 0 fully saturated rings. The highest BCUT2D eigenvalue weighted by Gasteiger charge is 2.27. The van der Waals surface area contributed by atoms with E-state index in [1.54, 1.807) is 27.7 Å². The Morgan fingerprint density at radius 1 is 1.20 bits per heavy atom. The molecule has 0 bridgehead atoms. The highest BCUT2D eigenvalue weighted by Crippen LogP contribution is 2.15. The molecule has 1 aromatic rings. The van der Waals surface area contributed by atoms with E-state index in [-0.39, 0.29) is 11.5 Å². The SMILES string of the molecule is C[C@@H](C(=O)c1ccc(O)cc1)N(C)C(=O)OC(C)(C)C. The van der Waals surface area contributed by atoms with Gasteiger partial charge in [0.05, 0.1) is 6.04 Å². The number of Topliss-reactive ketones (excluding diaryl/α,β-unsaturated/α-hetero) is 1. The van der Waals surface area contributed by atoms with E-state index in [0.717, 1.165) is 0 Å². The van der Waals surface area contributed by atoms with Gasteiger partial charge >= 0.3 is 6.09 Å². The Kier molecular flexibility index (Phi) is 4.76. The summed E-state index contributed by atoms with van der Waals surface area (Å²) in [5.41, 5.74) is -0.169. The van der Waals surface area contributed by atoms with Crippen molar-refractivity contribution >= 4 is 11.9 Å². The lowest BCUT2D eigenvalue weighted by Gasteiger charge is -2.28. The fraction of sp³-hybridized carbons (Fsp3) is 0.467. The number of phenolic OH excluding ortho intramolecular Hbond substituents is 1. The molecule has 0 unspecified atom stereocenters. The first-order chi connectivity index (χ1) is 9.11. The van der Waals surface area contributed by atoms with Gasteiger partial charge in [0, 0.05) is 12.6 Å². The minimum absolute atomic E-state index is 0.0923. The van der Waals surface area contributed by atoms with E-state index in [4.69, 9.17) is 4.74 Å². The third-order valence-corrected chi connectivity index (χ3v) is 2.79. The molecule has 1 rings (SSSR count). The highest BCUT2D eigenvalue weighted by molar-refractivity contribution is 6.01. The van der Waals surface area contributed by atoms with E-state index in [1.807, 2.05) is 0 Å². The van der Waals surface area contributed by atoms with Gasteiger partial charge in [-0.1, -0.05) is 0 Å². The molecule has 0 radical (unpaired) electrons. The summed E-state index contributed by atoms with van der Waals surface area (Å²) >= 11 is 0. The van der Waals surface area contributed by atoms with Gasteiger partial charge in [-0.15, -0.1) is 0 Å². The normalized spacial score (nSPS) is 12.7. The number of carbonyl (C=O) groups excluding carboxylic acids is 2. The number of hydrogen-bond acceptors (Lipinski definition) is 4. The number of benzene rings is 1. The van der Waals surface area contributed by atoms with Crippen LogP contribution in [0.15, 0.2) is 24.3 Å². The van der Waals surface area contributed by atoms with Crippen LogP contribution in [0.2, 0.25) is 0 Å². The lowest BCUT2D eigenvalue weighted by molar-refractivity contribution is 0.0231. The summed E-state index contributed by atoms with van der Waals surface area (Å²) in [5.74, 6) is -0.118. The number of rotatable bonds is 3. The number of ether oxygens (including phenoxy) is 1. The molecule has 0 aromatic heterocycles. The second kappa shape index (κ2) is 5.94. The average molecular weight is 279 g/mol. The van der Waals surface area contributed by atoms with Crippen LogP contribution < -0.4 is 0 Å². The minimum Gasteiger partial charge on any atom is -0.508 e. The number of carbonyl (C=O) groups is 2. The largest absolute Gasteiger partial charge is 0.508 e. The third-order valence-electron chi connectivity index (χ3n) is 2.79. The van der Waals surface area contributed by atoms with Crippen LogP contribution in [0.3, 0.4) is 0 Å². The Morgan fingerprint density at radius 2 is 1.70 bits per heavy atom. The first kappa shape index (κ1) is 16.0.